The Kier molecular flexibility index (Phi) is 6.48. The number of carbonyl (C=O) groups excluding carboxylic acids is 1. The molecule has 2 rings (SSSR count). The van der Waals surface area contributed by atoms with E-state index >= 15 is 0 Å². The van der Waals surface area contributed by atoms with Crippen molar-refractivity contribution in [2.45, 2.75) is 32.0 Å². The number of amides is 1. The third kappa shape index (κ3) is 6.78. The number of nitrogens with one attached hydrogen (secondary N) is 1. The molecule has 1 aliphatic rings. The molecule has 4 nitrogen and oxygen atoms in total. The molecule has 0 saturated carbocycles. The van der Waals surface area contributed by atoms with Crippen LogP contribution in [-0.2, 0) is 11.2 Å². The van der Waals surface area contributed by atoms with Crippen molar-refractivity contribution >= 4 is 5.91 Å². The minimum atomic E-state index is -4.69. The molecule has 0 unspecified atom stereocenters. The number of ether oxygens (including phenoxy) is 1. The van der Waals surface area contributed by atoms with Crippen molar-refractivity contribution in [3.63, 3.8) is 0 Å². The zero-order valence-electron chi connectivity index (χ0n) is 13.7. The summed E-state index contributed by atoms with van der Waals surface area (Å²) in [7, 11) is 2.10. The van der Waals surface area contributed by atoms with E-state index in [1.165, 1.54) is 12.1 Å². The van der Waals surface area contributed by atoms with Crippen LogP contribution in [-0.4, -0.2) is 43.9 Å². The van der Waals surface area contributed by atoms with Crippen molar-refractivity contribution in [3.05, 3.63) is 29.8 Å². The molecule has 0 aliphatic carbocycles. The normalized spacial score (nSPS) is 16.8. The molecule has 1 N–H and O–H groups in total. The maximum atomic E-state index is 12.1. The van der Waals surface area contributed by atoms with Crippen molar-refractivity contribution < 1.29 is 22.7 Å². The number of piperidine rings is 1. The Morgan fingerprint density at radius 3 is 2.46 bits per heavy atom. The molecule has 24 heavy (non-hydrogen) atoms. The maximum Gasteiger partial charge on any atom is 0.573 e. The Balaban J connectivity index is 1.68. The third-order valence-corrected chi connectivity index (χ3v) is 4.22. The van der Waals surface area contributed by atoms with Crippen molar-refractivity contribution in [2.24, 2.45) is 5.92 Å². The van der Waals surface area contributed by atoms with Gasteiger partial charge in [0.2, 0.25) is 5.91 Å². The SMILES string of the molecule is CN1CCC(CNC(=O)CCc2ccc(OC(F)(F)F)cc2)CC1. The van der Waals surface area contributed by atoms with Crippen molar-refractivity contribution in [2.75, 3.05) is 26.7 Å². The zero-order valence-corrected chi connectivity index (χ0v) is 13.7. The Labute approximate surface area is 140 Å². The van der Waals surface area contributed by atoms with Crippen LogP contribution in [0.1, 0.15) is 24.8 Å². The first-order chi connectivity index (χ1) is 11.3. The van der Waals surface area contributed by atoms with Crippen LogP contribution in [0, 0.1) is 5.92 Å². The van der Waals surface area contributed by atoms with Gasteiger partial charge in [0.05, 0.1) is 0 Å². The van der Waals surface area contributed by atoms with E-state index in [4.69, 9.17) is 0 Å². The van der Waals surface area contributed by atoms with Gasteiger partial charge in [0.15, 0.2) is 0 Å². The number of likely N-dealkylation sites (tertiary alicyclic amines) is 1. The first kappa shape index (κ1) is 18.6. The average molecular weight is 344 g/mol. The monoisotopic (exact) mass is 344 g/mol. The van der Waals surface area contributed by atoms with Gasteiger partial charge in [0, 0.05) is 13.0 Å². The molecule has 1 fully saturated rings. The van der Waals surface area contributed by atoms with Gasteiger partial charge in [-0.15, -0.1) is 13.2 Å². The van der Waals surface area contributed by atoms with E-state index in [1.54, 1.807) is 12.1 Å². The highest BCUT2D eigenvalue weighted by Crippen LogP contribution is 2.23. The highest BCUT2D eigenvalue weighted by molar-refractivity contribution is 5.76. The summed E-state index contributed by atoms with van der Waals surface area (Å²) in [5, 5.41) is 2.95. The van der Waals surface area contributed by atoms with Crippen LogP contribution in [0.5, 0.6) is 5.75 Å². The summed E-state index contributed by atoms with van der Waals surface area (Å²) < 4.78 is 40.0. The predicted octanol–water partition coefficient (Wildman–Crippen LogP) is 2.98. The predicted molar refractivity (Wildman–Crippen MR) is 84.7 cm³/mol. The molecule has 134 valence electrons. The van der Waals surface area contributed by atoms with Crippen LogP contribution >= 0.6 is 0 Å². The Hall–Kier alpha value is -1.76. The second-order valence-electron chi connectivity index (χ2n) is 6.24. The topological polar surface area (TPSA) is 41.6 Å². The molecule has 0 radical (unpaired) electrons. The van der Waals surface area contributed by atoms with Crippen LogP contribution in [0.25, 0.3) is 0 Å². The van der Waals surface area contributed by atoms with Crippen LogP contribution in [0.4, 0.5) is 13.2 Å². The van der Waals surface area contributed by atoms with Crippen molar-refractivity contribution in [3.8, 4) is 5.75 Å². The maximum absolute atomic E-state index is 12.1. The second-order valence-corrected chi connectivity index (χ2v) is 6.24. The van der Waals surface area contributed by atoms with Crippen molar-refractivity contribution in [1.29, 1.82) is 0 Å². The fraction of sp³-hybridized carbons (Fsp3) is 0.588. The average Bonchev–Trinajstić information content (AvgIpc) is 2.52. The summed E-state index contributed by atoms with van der Waals surface area (Å²) in [6.07, 6.45) is -1.68. The number of aryl methyl sites for hydroxylation is 1. The molecule has 0 aromatic heterocycles. The standard InChI is InChI=1S/C17H23F3N2O2/c1-22-10-8-14(9-11-22)12-21-16(23)7-4-13-2-5-15(6-3-13)24-17(18,19)20/h2-3,5-6,14H,4,7-12H2,1H3,(H,21,23). The highest BCUT2D eigenvalue weighted by Gasteiger charge is 2.30. The van der Waals surface area contributed by atoms with Gasteiger partial charge in [0.25, 0.3) is 0 Å². The lowest BCUT2D eigenvalue weighted by molar-refractivity contribution is -0.274. The number of hydrogen-bond acceptors (Lipinski definition) is 3. The summed E-state index contributed by atoms with van der Waals surface area (Å²) in [5.41, 5.74) is 0.805. The second kappa shape index (κ2) is 8.37. The van der Waals surface area contributed by atoms with E-state index in [1.807, 2.05) is 0 Å². The Morgan fingerprint density at radius 1 is 1.25 bits per heavy atom. The molecule has 0 spiro atoms. The van der Waals surface area contributed by atoms with Gasteiger partial charge in [-0.1, -0.05) is 12.1 Å². The molecule has 1 aliphatic heterocycles. The van der Waals surface area contributed by atoms with Crippen LogP contribution < -0.4 is 10.1 Å². The molecule has 1 aromatic carbocycles. The van der Waals surface area contributed by atoms with Gasteiger partial charge in [-0.3, -0.25) is 4.79 Å². The van der Waals surface area contributed by atoms with Crippen LogP contribution in [0.3, 0.4) is 0 Å². The number of benzene rings is 1. The summed E-state index contributed by atoms with van der Waals surface area (Å²) in [5.74, 6) is 0.256. The van der Waals surface area contributed by atoms with Gasteiger partial charge >= 0.3 is 6.36 Å². The lowest BCUT2D eigenvalue weighted by atomic mass is 9.97. The van der Waals surface area contributed by atoms with Gasteiger partial charge in [-0.25, -0.2) is 0 Å². The highest BCUT2D eigenvalue weighted by atomic mass is 19.4. The number of rotatable bonds is 6. The fourth-order valence-corrected chi connectivity index (χ4v) is 2.73. The molecular formula is C17H23F3N2O2. The lowest BCUT2D eigenvalue weighted by Crippen LogP contribution is -2.36. The van der Waals surface area contributed by atoms with Gasteiger partial charge in [-0.2, -0.15) is 0 Å². The largest absolute Gasteiger partial charge is 0.573 e. The molecule has 1 aromatic rings. The number of halogens is 3. The summed E-state index contributed by atoms with van der Waals surface area (Å²) in [6, 6.07) is 5.62. The number of alkyl halides is 3. The fourth-order valence-electron chi connectivity index (χ4n) is 2.73. The van der Waals surface area contributed by atoms with E-state index in [0.29, 0.717) is 25.3 Å². The van der Waals surface area contributed by atoms with Crippen LogP contribution in [0.15, 0.2) is 24.3 Å². The van der Waals surface area contributed by atoms with E-state index in [0.717, 1.165) is 31.5 Å². The third-order valence-electron chi connectivity index (χ3n) is 4.22. The first-order valence-electron chi connectivity index (χ1n) is 8.12. The lowest BCUT2D eigenvalue weighted by Gasteiger charge is -2.28. The number of carbonyl (C=O) groups is 1. The molecule has 1 saturated heterocycles. The van der Waals surface area contributed by atoms with Crippen LogP contribution in [0.2, 0.25) is 0 Å². The number of hydrogen-bond donors (Lipinski definition) is 1. The van der Waals surface area contributed by atoms with Gasteiger partial charge < -0.3 is 15.0 Å². The number of nitrogens with zero attached hydrogens (tertiary/aromatic N) is 1. The summed E-state index contributed by atoms with van der Waals surface area (Å²) in [4.78, 5) is 14.2. The molecule has 0 atom stereocenters. The van der Waals surface area contributed by atoms with Crippen molar-refractivity contribution in [1.82, 2.24) is 10.2 Å². The quantitative estimate of drug-likeness (QED) is 0.863. The first-order valence-corrected chi connectivity index (χ1v) is 8.12. The molecule has 1 heterocycles. The molecular weight excluding hydrogens is 321 g/mol. The smallest absolute Gasteiger partial charge is 0.406 e. The molecule has 1 amide bonds. The minimum Gasteiger partial charge on any atom is -0.406 e. The van der Waals surface area contributed by atoms with E-state index in [9.17, 15) is 18.0 Å². The Morgan fingerprint density at radius 2 is 1.88 bits per heavy atom. The molecule has 0 bridgehead atoms. The van der Waals surface area contributed by atoms with E-state index in [-0.39, 0.29) is 11.7 Å². The minimum absolute atomic E-state index is 0.0236. The zero-order chi connectivity index (χ0) is 17.6. The summed E-state index contributed by atoms with van der Waals surface area (Å²) in [6.45, 7) is 2.82. The Bertz CT molecular complexity index is 524. The molecule has 7 heteroatoms. The van der Waals surface area contributed by atoms with Gasteiger partial charge in [0.1, 0.15) is 5.75 Å². The van der Waals surface area contributed by atoms with E-state index < -0.39 is 6.36 Å². The van der Waals surface area contributed by atoms with E-state index in [2.05, 4.69) is 22.0 Å². The van der Waals surface area contributed by atoms with Gasteiger partial charge in [-0.05, 0) is 63.0 Å². The summed E-state index contributed by atoms with van der Waals surface area (Å²) >= 11 is 0.